The molecule has 3 aromatic rings. The van der Waals surface area contributed by atoms with Gasteiger partial charge in [0.2, 0.25) is 0 Å². The van der Waals surface area contributed by atoms with Gasteiger partial charge in [-0.25, -0.2) is 13.1 Å². The van der Waals surface area contributed by atoms with E-state index in [0.717, 1.165) is 43.5 Å². The largest absolute Gasteiger partial charge is 0.573 e. The van der Waals surface area contributed by atoms with Crippen LogP contribution in [-0.2, 0) is 0 Å². The minimum Gasteiger partial charge on any atom is -0.406 e. The third kappa shape index (κ3) is 7.35. The Morgan fingerprint density at radius 1 is 0.829 bits per heavy atom. The van der Waals surface area contributed by atoms with E-state index in [1.165, 1.54) is 60.7 Å². The minimum atomic E-state index is -4.73. The molecule has 0 aliphatic carbocycles. The number of hydrogen-bond acceptors (Lipinski definition) is 4. The van der Waals surface area contributed by atoms with E-state index in [9.17, 15) is 22.0 Å². The second-order valence-electron chi connectivity index (χ2n) is 8.49. The summed E-state index contributed by atoms with van der Waals surface area (Å²) in [4.78, 5) is 0. The molecule has 9 heteroatoms. The van der Waals surface area contributed by atoms with Gasteiger partial charge in [0.05, 0.1) is 0 Å². The van der Waals surface area contributed by atoms with Crippen molar-refractivity contribution in [2.24, 2.45) is 5.92 Å². The molecule has 4 rings (SSSR count). The third-order valence-corrected chi connectivity index (χ3v) is 6.90. The third-order valence-electron chi connectivity index (χ3n) is 5.98. The van der Waals surface area contributed by atoms with Crippen molar-refractivity contribution in [3.05, 3.63) is 95.6 Å². The number of hydrogen-bond donors (Lipinski definition) is 1. The lowest BCUT2D eigenvalue weighted by Gasteiger charge is -2.30. The van der Waals surface area contributed by atoms with Crippen molar-refractivity contribution in [3.8, 4) is 5.75 Å². The summed E-state index contributed by atoms with van der Waals surface area (Å²) in [6.45, 7) is 1.56. The molecule has 3 aromatic carbocycles. The number of ether oxygens (including phenoxy) is 1. The normalized spacial score (nSPS) is 17.3. The van der Waals surface area contributed by atoms with Crippen molar-refractivity contribution in [2.45, 2.75) is 31.5 Å². The monoisotopic (exact) mass is 508 g/mol. The SMILES string of the molecule is Fc1ccc(C(c2ccc(F)cc2)C2CCCCN(SNc3ccc(OC(F)(F)F)cc3)C2)cc1. The van der Waals surface area contributed by atoms with Crippen LogP contribution in [0.1, 0.15) is 36.3 Å². The van der Waals surface area contributed by atoms with Gasteiger partial charge < -0.3 is 9.46 Å². The maximum absolute atomic E-state index is 13.6. The summed E-state index contributed by atoms with van der Waals surface area (Å²) in [6, 6.07) is 18.5. The first kappa shape index (κ1) is 25.3. The van der Waals surface area contributed by atoms with Crippen LogP contribution in [0.5, 0.6) is 5.75 Å². The fourth-order valence-corrected chi connectivity index (χ4v) is 5.27. The zero-order valence-corrected chi connectivity index (χ0v) is 19.6. The fourth-order valence-electron chi connectivity index (χ4n) is 4.41. The Hall–Kier alpha value is -2.78. The van der Waals surface area contributed by atoms with Crippen LogP contribution in [-0.4, -0.2) is 23.8 Å². The Labute approximate surface area is 205 Å². The molecule has 35 heavy (non-hydrogen) atoms. The van der Waals surface area contributed by atoms with Gasteiger partial charge in [0.1, 0.15) is 17.4 Å². The zero-order chi connectivity index (χ0) is 24.8. The fraction of sp³-hybridized carbons (Fsp3) is 0.308. The molecule has 0 radical (unpaired) electrons. The Morgan fingerprint density at radius 2 is 1.40 bits per heavy atom. The molecule has 1 fully saturated rings. The van der Waals surface area contributed by atoms with E-state index in [4.69, 9.17) is 0 Å². The summed E-state index contributed by atoms with van der Waals surface area (Å²) in [6.07, 6.45) is -1.76. The molecule has 1 aliphatic rings. The number of nitrogens with one attached hydrogen (secondary N) is 1. The van der Waals surface area contributed by atoms with Gasteiger partial charge in [-0.05, 0) is 78.4 Å². The Kier molecular flexibility index (Phi) is 8.18. The van der Waals surface area contributed by atoms with Crippen molar-refractivity contribution >= 4 is 17.8 Å². The highest BCUT2D eigenvalue weighted by Gasteiger charge is 2.31. The Balaban J connectivity index is 1.47. The predicted octanol–water partition coefficient (Wildman–Crippen LogP) is 7.77. The number of rotatable bonds is 7. The first-order valence-corrected chi connectivity index (χ1v) is 12.1. The van der Waals surface area contributed by atoms with Crippen molar-refractivity contribution in [3.63, 3.8) is 0 Å². The second-order valence-corrected chi connectivity index (χ2v) is 9.39. The Morgan fingerprint density at radius 3 is 1.94 bits per heavy atom. The first-order valence-electron chi connectivity index (χ1n) is 11.3. The lowest BCUT2D eigenvalue weighted by molar-refractivity contribution is -0.274. The maximum Gasteiger partial charge on any atom is 0.573 e. The van der Waals surface area contributed by atoms with Gasteiger partial charge in [0, 0.05) is 36.8 Å². The number of nitrogens with zero attached hydrogens (tertiary/aromatic N) is 1. The highest BCUT2D eigenvalue weighted by Crippen LogP contribution is 2.38. The molecule has 1 saturated heterocycles. The molecule has 1 unspecified atom stereocenters. The van der Waals surface area contributed by atoms with E-state index < -0.39 is 6.36 Å². The van der Waals surface area contributed by atoms with Crippen molar-refractivity contribution in [2.75, 3.05) is 17.8 Å². The summed E-state index contributed by atoms with van der Waals surface area (Å²) >= 11 is 1.40. The van der Waals surface area contributed by atoms with Crippen LogP contribution in [0.15, 0.2) is 72.8 Å². The van der Waals surface area contributed by atoms with Gasteiger partial charge in [-0.2, -0.15) is 0 Å². The van der Waals surface area contributed by atoms with Gasteiger partial charge in [-0.1, -0.05) is 30.7 Å². The first-order chi connectivity index (χ1) is 16.8. The van der Waals surface area contributed by atoms with Gasteiger partial charge in [-0.15, -0.1) is 13.2 Å². The molecule has 0 bridgehead atoms. The van der Waals surface area contributed by atoms with Gasteiger partial charge >= 0.3 is 6.36 Å². The van der Waals surface area contributed by atoms with Crippen LogP contribution in [0, 0.1) is 17.6 Å². The van der Waals surface area contributed by atoms with Gasteiger partial charge in [0.15, 0.2) is 0 Å². The quantitative estimate of drug-likeness (QED) is 0.260. The standard InChI is InChI=1S/C26H25F5N2OS/c27-21-8-4-18(5-9-21)25(19-6-10-22(28)11-7-19)20-3-1-2-16-33(17-20)35-32-23-12-14-24(15-13-23)34-26(29,30)31/h4-15,20,25,32H,1-3,16-17H2. The average Bonchev–Trinajstić information content (AvgIpc) is 3.06. The molecule has 1 aliphatic heterocycles. The molecular formula is C26H25F5N2OS. The summed E-state index contributed by atoms with van der Waals surface area (Å²) < 4.78 is 73.6. The molecule has 0 saturated carbocycles. The molecule has 0 aromatic heterocycles. The highest BCUT2D eigenvalue weighted by molar-refractivity contribution is 7.98. The Bertz CT molecular complexity index is 1030. The van der Waals surface area contributed by atoms with E-state index in [1.54, 1.807) is 24.3 Å². The highest BCUT2D eigenvalue weighted by atomic mass is 32.2. The van der Waals surface area contributed by atoms with Crippen molar-refractivity contribution in [1.29, 1.82) is 0 Å². The average molecular weight is 509 g/mol. The van der Waals surface area contributed by atoms with E-state index >= 15 is 0 Å². The van der Waals surface area contributed by atoms with Crippen molar-refractivity contribution < 1.29 is 26.7 Å². The molecular weight excluding hydrogens is 483 g/mol. The zero-order valence-electron chi connectivity index (χ0n) is 18.8. The summed E-state index contributed by atoms with van der Waals surface area (Å²) in [5.41, 5.74) is 2.60. The summed E-state index contributed by atoms with van der Waals surface area (Å²) in [5, 5.41) is 0. The number of alkyl halides is 3. The van der Waals surface area contributed by atoms with Crippen LogP contribution in [0.2, 0.25) is 0 Å². The van der Waals surface area contributed by atoms with Gasteiger partial charge in [0.25, 0.3) is 0 Å². The minimum absolute atomic E-state index is 0.0313. The van der Waals surface area contributed by atoms with Crippen LogP contribution < -0.4 is 9.46 Å². The van der Waals surface area contributed by atoms with Crippen LogP contribution in [0.25, 0.3) is 0 Å². The van der Waals surface area contributed by atoms with Gasteiger partial charge in [-0.3, -0.25) is 0 Å². The van der Waals surface area contributed by atoms with E-state index in [1.807, 2.05) is 0 Å². The lowest BCUT2D eigenvalue weighted by atomic mass is 9.78. The van der Waals surface area contributed by atoms with Crippen LogP contribution >= 0.6 is 12.1 Å². The maximum atomic E-state index is 13.6. The predicted molar refractivity (Wildman–Crippen MR) is 128 cm³/mol. The summed E-state index contributed by atoms with van der Waals surface area (Å²) in [5.74, 6) is -0.716. The second kappa shape index (κ2) is 11.3. The molecule has 1 N–H and O–H groups in total. The number of benzene rings is 3. The summed E-state index contributed by atoms with van der Waals surface area (Å²) in [7, 11) is 0. The van der Waals surface area contributed by atoms with E-state index in [2.05, 4.69) is 13.8 Å². The molecule has 0 amide bonds. The molecule has 1 atom stereocenters. The van der Waals surface area contributed by atoms with E-state index in [-0.39, 0.29) is 29.2 Å². The molecule has 1 heterocycles. The molecule has 186 valence electrons. The van der Waals surface area contributed by atoms with Crippen LogP contribution in [0.3, 0.4) is 0 Å². The van der Waals surface area contributed by atoms with Crippen molar-refractivity contribution in [1.82, 2.24) is 4.31 Å². The molecule has 0 spiro atoms. The smallest absolute Gasteiger partial charge is 0.406 e. The van der Waals surface area contributed by atoms with Crippen LogP contribution in [0.4, 0.5) is 27.6 Å². The topological polar surface area (TPSA) is 24.5 Å². The molecule has 3 nitrogen and oxygen atoms in total. The van der Waals surface area contributed by atoms with E-state index in [0.29, 0.717) is 5.69 Å². The number of anilines is 1. The number of halogens is 5. The lowest BCUT2D eigenvalue weighted by Crippen LogP contribution is -2.27.